The van der Waals surface area contributed by atoms with Gasteiger partial charge in [-0.1, -0.05) is 60.7 Å². The highest BCUT2D eigenvalue weighted by Crippen LogP contribution is 2.01. The number of aryl methyl sites for hydroxylation is 1. The first-order chi connectivity index (χ1) is 11.2. The monoisotopic (exact) mass is 309 g/mol. The summed E-state index contributed by atoms with van der Waals surface area (Å²) in [7, 11) is 0. The number of hydrazone groups is 1. The van der Waals surface area contributed by atoms with Gasteiger partial charge < -0.3 is 5.32 Å². The molecule has 0 heterocycles. The summed E-state index contributed by atoms with van der Waals surface area (Å²) in [6.07, 6.45) is 2.56. The van der Waals surface area contributed by atoms with Crippen molar-refractivity contribution in [3.63, 3.8) is 0 Å². The van der Waals surface area contributed by atoms with Crippen LogP contribution in [-0.2, 0) is 16.0 Å². The highest BCUT2D eigenvalue weighted by atomic mass is 16.2. The van der Waals surface area contributed by atoms with E-state index in [1.807, 2.05) is 60.7 Å². The van der Waals surface area contributed by atoms with Gasteiger partial charge in [-0.15, -0.1) is 0 Å². The maximum atomic E-state index is 11.7. The molecule has 23 heavy (non-hydrogen) atoms. The molecule has 2 aromatic carbocycles. The van der Waals surface area contributed by atoms with Gasteiger partial charge in [0.25, 0.3) is 5.91 Å². The molecule has 0 bridgehead atoms. The fourth-order valence-corrected chi connectivity index (χ4v) is 1.93. The van der Waals surface area contributed by atoms with Crippen molar-refractivity contribution in [1.29, 1.82) is 0 Å². The van der Waals surface area contributed by atoms with E-state index in [1.54, 1.807) is 6.21 Å². The predicted octanol–water partition coefficient (Wildman–Crippen LogP) is 1.89. The average molecular weight is 309 g/mol. The largest absolute Gasteiger partial charge is 0.347 e. The Hall–Kier alpha value is -2.95. The number of nitrogens with one attached hydrogen (secondary N) is 2. The number of benzene rings is 2. The number of rotatable bonds is 7. The van der Waals surface area contributed by atoms with E-state index in [-0.39, 0.29) is 18.4 Å². The lowest BCUT2D eigenvalue weighted by Crippen LogP contribution is -2.35. The number of amides is 2. The number of nitrogens with zero attached hydrogens (tertiary/aromatic N) is 1. The van der Waals surface area contributed by atoms with Crippen LogP contribution in [0, 0.1) is 0 Å². The van der Waals surface area contributed by atoms with Crippen LogP contribution in [-0.4, -0.2) is 24.6 Å². The molecule has 118 valence electrons. The standard InChI is InChI=1S/C18H19N3O2/c22-17(12-11-15-7-3-1-4-8-15)19-14-18(23)21-20-13-16-9-5-2-6-10-16/h1-10,13H,11-12,14H2,(H,19,22)(H,21,23)/b20-13+. The summed E-state index contributed by atoms with van der Waals surface area (Å²) in [6, 6.07) is 19.2. The summed E-state index contributed by atoms with van der Waals surface area (Å²) in [5.41, 5.74) is 4.36. The minimum atomic E-state index is -0.356. The molecule has 0 fully saturated rings. The van der Waals surface area contributed by atoms with Crippen molar-refractivity contribution in [3.8, 4) is 0 Å². The topological polar surface area (TPSA) is 70.6 Å². The number of carbonyl (C=O) groups excluding carboxylic acids is 2. The van der Waals surface area contributed by atoms with Gasteiger partial charge in [0.1, 0.15) is 0 Å². The molecule has 2 N–H and O–H groups in total. The first-order valence-electron chi connectivity index (χ1n) is 7.41. The molecule has 5 heteroatoms. The molecule has 5 nitrogen and oxygen atoms in total. The van der Waals surface area contributed by atoms with Crippen LogP contribution >= 0.6 is 0 Å². The number of hydrogen-bond acceptors (Lipinski definition) is 3. The van der Waals surface area contributed by atoms with Crippen LogP contribution in [0.4, 0.5) is 0 Å². The third-order valence-corrected chi connectivity index (χ3v) is 3.13. The molecule has 2 aromatic rings. The van der Waals surface area contributed by atoms with E-state index >= 15 is 0 Å². The SMILES string of the molecule is O=C(CCc1ccccc1)NCC(=O)N/N=C/c1ccccc1. The fraction of sp³-hybridized carbons (Fsp3) is 0.167. The lowest BCUT2D eigenvalue weighted by atomic mass is 10.1. The van der Waals surface area contributed by atoms with Crippen LogP contribution in [0.5, 0.6) is 0 Å². The maximum Gasteiger partial charge on any atom is 0.259 e. The molecule has 0 aliphatic rings. The van der Waals surface area contributed by atoms with Crippen molar-refractivity contribution < 1.29 is 9.59 Å². The molecule has 0 saturated carbocycles. The third kappa shape index (κ3) is 6.56. The van der Waals surface area contributed by atoms with Crippen LogP contribution in [0.25, 0.3) is 0 Å². The second-order valence-electron chi connectivity index (χ2n) is 4.97. The van der Waals surface area contributed by atoms with Gasteiger partial charge in [0.2, 0.25) is 5.91 Å². The van der Waals surface area contributed by atoms with E-state index in [9.17, 15) is 9.59 Å². The number of carbonyl (C=O) groups is 2. The summed E-state index contributed by atoms with van der Waals surface area (Å²) in [5, 5.41) is 6.41. The first kappa shape index (κ1) is 16.4. The lowest BCUT2D eigenvalue weighted by Gasteiger charge is -2.04. The average Bonchev–Trinajstić information content (AvgIpc) is 2.60. The van der Waals surface area contributed by atoms with E-state index in [1.165, 1.54) is 0 Å². The van der Waals surface area contributed by atoms with Gasteiger partial charge in [-0.05, 0) is 17.5 Å². The van der Waals surface area contributed by atoms with Crippen molar-refractivity contribution >= 4 is 18.0 Å². The van der Waals surface area contributed by atoms with Gasteiger partial charge >= 0.3 is 0 Å². The maximum absolute atomic E-state index is 11.7. The molecule has 0 saturated heterocycles. The summed E-state index contributed by atoms with van der Waals surface area (Å²) >= 11 is 0. The third-order valence-electron chi connectivity index (χ3n) is 3.13. The van der Waals surface area contributed by atoms with Crippen molar-refractivity contribution in [2.75, 3.05) is 6.54 Å². The zero-order chi connectivity index (χ0) is 16.3. The molecule has 2 amide bonds. The number of hydrogen-bond donors (Lipinski definition) is 2. The highest BCUT2D eigenvalue weighted by molar-refractivity contribution is 5.86. The Morgan fingerprint density at radius 1 is 0.913 bits per heavy atom. The minimum Gasteiger partial charge on any atom is -0.347 e. The Labute approximate surface area is 135 Å². The van der Waals surface area contributed by atoms with E-state index in [0.29, 0.717) is 12.8 Å². The Morgan fingerprint density at radius 2 is 1.57 bits per heavy atom. The van der Waals surface area contributed by atoms with Crippen LogP contribution in [0.1, 0.15) is 17.5 Å². The quantitative estimate of drug-likeness (QED) is 0.605. The highest BCUT2D eigenvalue weighted by Gasteiger charge is 2.05. The summed E-state index contributed by atoms with van der Waals surface area (Å²) in [5.74, 6) is -0.513. The van der Waals surface area contributed by atoms with Gasteiger partial charge in [-0.3, -0.25) is 9.59 Å². The Kier molecular flexibility index (Phi) is 6.53. The van der Waals surface area contributed by atoms with E-state index in [4.69, 9.17) is 0 Å². The molecule has 0 radical (unpaired) electrons. The second-order valence-corrected chi connectivity index (χ2v) is 4.97. The molecule has 0 aliphatic carbocycles. The molecular weight excluding hydrogens is 290 g/mol. The lowest BCUT2D eigenvalue weighted by molar-refractivity contribution is -0.126. The van der Waals surface area contributed by atoms with Crippen molar-refractivity contribution in [1.82, 2.24) is 10.7 Å². The van der Waals surface area contributed by atoms with Gasteiger partial charge in [-0.2, -0.15) is 5.10 Å². The zero-order valence-electron chi connectivity index (χ0n) is 12.7. The van der Waals surface area contributed by atoms with E-state index in [0.717, 1.165) is 11.1 Å². The smallest absolute Gasteiger partial charge is 0.259 e. The molecule has 0 unspecified atom stereocenters. The molecule has 0 aliphatic heterocycles. The molecular formula is C18H19N3O2. The first-order valence-corrected chi connectivity index (χ1v) is 7.41. The van der Waals surface area contributed by atoms with E-state index < -0.39 is 0 Å². The fourth-order valence-electron chi connectivity index (χ4n) is 1.93. The normalized spacial score (nSPS) is 10.4. The van der Waals surface area contributed by atoms with Crippen LogP contribution < -0.4 is 10.7 Å². The van der Waals surface area contributed by atoms with Crippen LogP contribution in [0.3, 0.4) is 0 Å². The predicted molar refractivity (Wildman–Crippen MR) is 90.0 cm³/mol. The van der Waals surface area contributed by atoms with Gasteiger partial charge in [0.15, 0.2) is 0 Å². The Bertz CT molecular complexity index is 654. The molecule has 0 spiro atoms. The van der Waals surface area contributed by atoms with Crippen molar-refractivity contribution in [2.24, 2.45) is 5.10 Å². The van der Waals surface area contributed by atoms with Gasteiger partial charge in [0.05, 0.1) is 12.8 Å². The van der Waals surface area contributed by atoms with E-state index in [2.05, 4.69) is 15.8 Å². The van der Waals surface area contributed by atoms with Crippen molar-refractivity contribution in [3.05, 3.63) is 71.8 Å². The van der Waals surface area contributed by atoms with Gasteiger partial charge in [-0.25, -0.2) is 5.43 Å². The molecule has 0 aromatic heterocycles. The zero-order valence-corrected chi connectivity index (χ0v) is 12.7. The minimum absolute atomic E-state index is 0.0836. The Balaban J connectivity index is 1.64. The van der Waals surface area contributed by atoms with Crippen LogP contribution in [0.2, 0.25) is 0 Å². The second kappa shape index (κ2) is 9.15. The molecule has 2 rings (SSSR count). The Morgan fingerprint density at radius 3 is 2.26 bits per heavy atom. The summed E-state index contributed by atoms with van der Waals surface area (Å²) < 4.78 is 0. The van der Waals surface area contributed by atoms with Gasteiger partial charge in [0, 0.05) is 6.42 Å². The molecule has 0 atom stereocenters. The summed E-state index contributed by atoms with van der Waals surface area (Å²) in [4.78, 5) is 23.3. The van der Waals surface area contributed by atoms with Crippen LogP contribution in [0.15, 0.2) is 65.8 Å². The summed E-state index contributed by atoms with van der Waals surface area (Å²) in [6.45, 7) is -0.0836. The van der Waals surface area contributed by atoms with Crippen molar-refractivity contribution in [2.45, 2.75) is 12.8 Å².